The Morgan fingerprint density at radius 1 is 1.48 bits per heavy atom. The largest absolute Gasteiger partial charge is 0.480 e. The van der Waals surface area contributed by atoms with E-state index in [0.29, 0.717) is 0 Å². The van der Waals surface area contributed by atoms with Crippen molar-refractivity contribution in [2.75, 3.05) is 13.1 Å². The van der Waals surface area contributed by atoms with Crippen molar-refractivity contribution >= 4 is 5.97 Å². The Bertz CT molecular complexity index is 643. The lowest BCUT2D eigenvalue weighted by atomic mass is 10.1. The summed E-state index contributed by atoms with van der Waals surface area (Å²) in [5.41, 5.74) is 1.88. The monoisotopic (exact) mass is 283 g/mol. The van der Waals surface area contributed by atoms with E-state index in [4.69, 9.17) is 11.5 Å². The molecule has 0 amide bonds. The number of carboxylic acid groups (broad SMARTS) is 1. The second-order valence-corrected chi connectivity index (χ2v) is 4.73. The molecule has 0 saturated carbocycles. The second-order valence-electron chi connectivity index (χ2n) is 4.73. The molecular formula is C16H17N3O2. The molecule has 1 atom stereocenters. The van der Waals surface area contributed by atoms with Crippen LogP contribution in [0.2, 0.25) is 0 Å². The fourth-order valence-electron chi connectivity index (χ4n) is 2.11. The van der Waals surface area contributed by atoms with Gasteiger partial charge in [-0.2, -0.15) is 5.10 Å². The Hall–Kier alpha value is -2.58. The highest BCUT2D eigenvalue weighted by Gasteiger charge is 2.19. The van der Waals surface area contributed by atoms with E-state index in [1.54, 1.807) is 15.8 Å². The van der Waals surface area contributed by atoms with Gasteiger partial charge in [0.05, 0.1) is 25.0 Å². The van der Waals surface area contributed by atoms with Gasteiger partial charge in [-0.1, -0.05) is 24.1 Å². The molecule has 1 unspecified atom stereocenters. The van der Waals surface area contributed by atoms with Crippen molar-refractivity contribution in [2.24, 2.45) is 0 Å². The zero-order valence-corrected chi connectivity index (χ0v) is 11.8. The minimum atomic E-state index is -0.896. The smallest absolute Gasteiger partial charge is 0.317 e. The van der Waals surface area contributed by atoms with Crippen molar-refractivity contribution < 1.29 is 9.90 Å². The lowest BCUT2D eigenvalue weighted by Gasteiger charge is -2.24. The van der Waals surface area contributed by atoms with Gasteiger partial charge in [0.1, 0.15) is 0 Å². The number of nitrogens with zero attached hydrogens (tertiary/aromatic N) is 3. The van der Waals surface area contributed by atoms with Gasteiger partial charge < -0.3 is 5.11 Å². The summed E-state index contributed by atoms with van der Waals surface area (Å²) >= 11 is 0. The quantitative estimate of drug-likeness (QED) is 0.823. The fraction of sp³-hybridized carbons (Fsp3) is 0.250. The minimum Gasteiger partial charge on any atom is -0.480 e. The van der Waals surface area contributed by atoms with Crippen molar-refractivity contribution in [1.82, 2.24) is 14.7 Å². The van der Waals surface area contributed by atoms with Crippen LogP contribution in [-0.2, 0) is 4.79 Å². The molecule has 1 heterocycles. The molecule has 0 saturated heterocycles. The molecule has 0 fully saturated rings. The molecule has 0 spiro atoms. The maximum Gasteiger partial charge on any atom is 0.317 e. The molecule has 21 heavy (non-hydrogen) atoms. The van der Waals surface area contributed by atoms with Gasteiger partial charge in [0.2, 0.25) is 0 Å². The molecule has 0 radical (unpaired) electrons. The average molecular weight is 283 g/mol. The van der Waals surface area contributed by atoms with E-state index in [0.717, 1.165) is 11.3 Å². The summed E-state index contributed by atoms with van der Waals surface area (Å²) < 4.78 is 1.76. The number of benzene rings is 1. The summed E-state index contributed by atoms with van der Waals surface area (Å²) in [4.78, 5) is 12.6. The third-order valence-electron chi connectivity index (χ3n) is 3.29. The van der Waals surface area contributed by atoms with Gasteiger partial charge in [-0.25, -0.2) is 4.68 Å². The van der Waals surface area contributed by atoms with Crippen LogP contribution in [0.5, 0.6) is 0 Å². The summed E-state index contributed by atoms with van der Waals surface area (Å²) in [6, 6.07) is 9.62. The molecular weight excluding hydrogens is 266 g/mol. The number of hydrogen-bond acceptors (Lipinski definition) is 3. The lowest BCUT2D eigenvalue weighted by Crippen LogP contribution is -2.32. The molecule has 0 aliphatic heterocycles. The van der Waals surface area contributed by atoms with Gasteiger partial charge >= 0.3 is 5.97 Å². The number of carbonyl (C=O) groups is 1. The van der Waals surface area contributed by atoms with Gasteiger partial charge in [0, 0.05) is 17.8 Å². The highest BCUT2D eigenvalue weighted by molar-refractivity contribution is 5.69. The van der Waals surface area contributed by atoms with E-state index in [2.05, 4.69) is 11.0 Å². The number of carboxylic acids is 1. The third-order valence-corrected chi connectivity index (χ3v) is 3.29. The number of para-hydroxylation sites is 1. The normalized spacial score (nSPS) is 12.0. The molecule has 5 heteroatoms. The molecule has 0 aliphatic rings. The average Bonchev–Trinajstić information content (AvgIpc) is 2.96. The standard InChI is InChI=1S/C16H17N3O2/c1-3-9-18(12-16(20)21)13(2)14-10-17-19(11-14)15-7-5-4-6-8-15/h1,4-8,10-11,13H,9,12H2,2H3,(H,20,21). The van der Waals surface area contributed by atoms with E-state index < -0.39 is 5.97 Å². The predicted octanol–water partition coefficient (Wildman–Crippen LogP) is 1.95. The minimum absolute atomic E-state index is 0.0954. The maximum absolute atomic E-state index is 10.9. The fourth-order valence-corrected chi connectivity index (χ4v) is 2.11. The molecule has 1 aromatic carbocycles. The van der Waals surface area contributed by atoms with Crippen molar-refractivity contribution in [3.8, 4) is 18.0 Å². The summed E-state index contributed by atoms with van der Waals surface area (Å²) in [5, 5.41) is 13.3. The molecule has 2 aromatic rings. The van der Waals surface area contributed by atoms with Gasteiger partial charge in [-0.3, -0.25) is 9.69 Å². The number of aliphatic carboxylic acids is 1. The van der Waals surface area contributed by atoms with Crippen molar-refractivity contribution in [3.63, 3.8) is 0 Å². The molecule has 2 rings (SSSR count). The molecule has 0 aliphatic carbocycles. The zero-order chi connectivity index (χ0) is 15.2. The number of hydrogen-bond donors (Lipinski definition) is 1. The molecule has 1 aromatic heterocycles. The van der Waals surface area contributed by atoms with Crippen LogP contribution >= 0.6 is 0 Å². The first-order valence-electron chi connectivity index (χ1n) is 6.61. The zero-order valence-electron chi connectivity index (χ0n) is 11.8. The molecule has 5 nitrogen and oxygen atoms in total. The number of aromatic nitrogens is 2. The second kappa shape index (κ2) is 6.73. The van der Waals surface area contributed by atoms with Crippen LogP contribution in [0.4, 0.5) is 0 Å². The summed E-state index contributed by atoms with van der Waals surface area (Å²) in [7, 11) is 0. The SMILES string of the molecule is C#CCN(CC(=O)O)C(C)c1cnn(-c2ccccc2)c1. The Morgan fingerprint density at radius 3 is 2.81 bits per heavy atom. The van der Waals surface area contributed by atoms with E-state index in [1.807, 2.05) is 43.5 Å². The Morgan fingerprint density at radius 2 is 2.19 bits per heavy atom. The van der Waals surface area contributed by atoms with Crippen molar-refractivity contribution in [2.45, 2.75) is 13.0 Å². The van der Waals surface area contributed by atoms with Crippen molar-refractivity contribution in [1.29, 1.82) is 0 Å². The number of terminal acetylenes is 1. The third kappa shape index (κ3) is 3.71. The first-order valence-corrected chi connectivity index (χ1v) is 6.61. The van der Waals surface area contributed by atoms with E-state index >= 15 is 0 Å². The van der Waals surface area contributed by atoms with Crippen LogP contribution in [0, 0.1) is 12.3 Å². The van der Waals surface area contributed by atoms with Gasteiger partial charge in [0.15, 0.2) is 0 Å². The molecule has 108 valence electrons. The Balaban J connectivity index is 2.19. The first kappa shape index (κ1) is 14.8. The van der Waals surface area contributed by atoms with Gasteiger partial charge in [-0.05, 0) is 19.1 Å². The van der Waals surface area contributed by atoms with Crippen molar-refractivity contribution in [3.05, 3.63) is 48.3 Å². The Labute approximate surface area is 123 Å². The van der Waals surface area contributed by atoms with Gasteiger partial charge in [-0.15, -0.1) is 6.42 Å². The van der Waals surface area contributed by atoms with E-state index in [-0.39, 0.29) is 19.1 Å². The van der Waals surface area contributed by atoms with Crippen LogP contribution in [-0.4, -0.2) is 38.8 Å². The van der Waals surface area contributed by atoms with Crippen LogP contribution in [0.3, 0.4) is 0 Å². The van der Waals surface area contributed by atoms with E-state index in [9.17, 15) is 4.79 Å². The van der Waals surface area contributed by atoms with Crippen LogP contribution in [0.15, 0.2) is 42.7 Å². The van der Waals surface area contributed by atoms with Crippen LogP contribution in [0.1, 0.15) is 18.5 Å². The molecule has 1 N–H and O–H groups in total. The summed E-state index contributed by atoms with van der Waals surface area (Å²) in [5.74, 6) is 1.60. The van der Waals surface area contributed by atoms with Crippen LogP contribution in [0.25, 0.3) is 5.69 Å². The van der Waals surface area contributed by atoms with Crippen LogP contribution < -0.4 is 0 Å². The predicted molar refractivity (Wildman–Crippen MR) is 80.0 cm³/mol. The van der Waals surface area contributed by atoms with E-state index in [1.165, 1.54) is 0 Å². The lowest BCUT2D eigenvalue weighted by molar-refractivity contribution is -0.138. The highest BCUT2D eigenvalue weighted by Crippen LogP contribution is 2.20. The number of rotatable bonds is 6. The maximum atomic E-state index is 10.9. The molecule has 0 bridgehead atoms. The first-order chi connectivity index (χ1) is 10.1. The summed E-state index contributed by atoms with van der Waals surface area (Å²) in [6.07, 6.45) is 8.95. The summed E-state index contributed by atoms with van der Waals surface area (Å²) in [6.45, 7) is 2.11. The highest BCUT2D eigenvalue weighted by atomic mass is 16.4. The van der Waals surface area contributed by atoms with Gasteiger partial charge in [0.25, 0.3) is 0 Å². The topological polar surface area (TPSA) is 58.4 Å². The Kier molecular flexibility index (Phi) is 4.75.